The molecule has 0 aromatic heterocycles. The van der Waals surface area contributed by atoms with Crippen LogP contribution in [0.4, 0.5) is 5.69 Å². The Morgan fingerprint density at radius 2 is 1.95 bits per heavy atom. The first-order chi connectivity index (χ1) is 10.4. The molecule has 0 radical (unpaired) electrons. The standard InChI is InChI=1S/C15H20Cl2N2O3/c1-11(20)19(7-3-9-22-2)8-6-15(21)18-12-4-5-13(16)14(17)10-12/h4-5,10H,3,6-9H2,1-2H3,(H,18,21). The Bertz CT molecular complexity index is 524. The van der Waals surface area contributed by atoms with Gasteiger partial charge in [-0.05, 0) is 24.6 Å². The predicted molar refractivity (Wildman–Crippen MR) is 88.5 cm³/mol. The van der Waals surface area contributed by atoms with E-state index < -0.39 is 0 Å². The summed E-state index contributed by atoms with van der Waals surface area (Å²) < 4.78 is 4.96. The third-order valence-corrected chi connectivity index (χ3v) is 3.77. The van der Waals surface area contributed by atoms with Gasteiger partial charge in [0.15, 0.2) is 0 Å². The monoisotopic (exact) mass is 346 g/mol. The van der Waals surface area contributed by atoms with Gasteiger partial charge in [0.1, 0.15) is 0 Å². The third-order valence-electron chi connectivity index (χ3n) is 3.03. The minimum Gasteiger partial charge on any atom is -0.385 e. The Kier molecular flexibility index (Phi) is 8.24. The van der Waals surface area contributed by atoms with Gasteiger partial charge >= 0.3 is 0 Å². The van der Waals surface area contributed by atoms with Crippen molar-refractivity contribution < 1.29 is 14.3 Å². The summed E-state index contributed by atoms with van der Waals surface area (Å²) in [5, 5.41) is 3.54. The van der Waals surface area contributed by atoms with Crippen molar-refractivity contribution in [3.8, 4) is 0 Å². The van der Waals surface area contributed by atoms with Gasteiger partial charge in [0.2, 0.25) is 11.8 Å². The number of hydrogen-bond acceptors (Lipinski definition) is 3. The summed E-state index contributed by atoms with van der Waals surface area (Å²) in [7, 11) is 1.61. The lowest BCUT2D eigenvalue weighted by Gasteiger charge is -2.20. The van der Waals surface area contributed by atoms with Crippen LogP contribution in [0.2, 0.25) is 10.0 Å². The van der Waals surface area contributed by atoms with Crippen molar-refractivity contribution in [1.29, 1.82) is 0 Å². The van der Waals surface area contributed by atoms with Crippen LogP contribution >= 0.6 is 23.2 Å². The second kappa shape index (κ2) is 9.66. The molecule has 0 unspecified atom stereocenters. The molecular weight excluding hydrogens is 327 g/mol. The highest BCUT2D eigenvalue weighted by Crippen LogP contribution is 2.25. The smallest absolute Gasteiger partial charge is 0.226 e. The number of carbonyl (C=O) groups is 2. The number of carbonyl (C=O) groups excluding carboxylic acids is 2. The Morgan fingerprint density at radius 1 is 1.23 bits per heavy atom. The van der Waals surface area contributed by atoms with Crippen LogP contribution in [0.1, 0.15) is 19.8 Å². The van der Waals surface area contributed by atoms with Gasteiger partial charge in [-0.3, -0.25) is 9.59 Å². The van der Waals surface area contributed by atoms with Gasteiger partial charge in [0.05, 0.1) is 10.0 Å². The zero-order valence-corrected chi connectivity index (χ0v) is 14.2. The molecule has 22 heavy (non-hydrogen) atoms. The van der Waals surface area contributed by atoms with E-state index in [0.29, 0.717) is 35.4 Å². The normalized spacial score (nSPS) is 10.4. The summed E-state index contributed by atoms with van der Waals surface area (Å²) in [5.74, 6) is -0.241. The summed E-state index contributed by atoms with van der Waals surface area (Å²) in [4.78, 5) is 25.1. The maximum Gasteiger partial charge on any atom is 0.226 e. The number of anilines is 1. The van der Waals surface area contributed by atoms with Crippen LogP contribution in [-0.2, 0) is 14.3 Å². The van der Waals surface area contributed by atoms with Crippen LogP contribution < -0.4 is 5.32 Å². The zero-order valence-electron chi connectivity index (χ0n) is 12.7. The van der Waals surface area contributed by atoms with E-state index >= 15 is 0 Å². The first kappa shape index (κ1) is 18.7. The molecule has 1 aromatic carbocycles. The minimum atomic E-state index is -0.184. The molecule has 1 aromatic rings. The van der Waals surface area contributed by atoms with E-state index in [4.69, 9.17) is 27.9 Å². The molecule has 0 spiro atoms. The number of nitrogens with zero attached hydrogens (tertiary/aromatic N) is 1. The van der Waals surface area contributed by atoms with Gasteiger partial charge in [0.25, 0.3) is 0 Å². The highest BCUT2D eigenvalue weighted by molar-refractivity contribution is 6.42. The quantitative estimate of drug-likeness (QED) is 0.735. The number of rotatable bonds is 8. The molecule has 1 N–H and O–H groups in total. The fourth-order valence-corrected chi connectivity index (χ4v) is 2.16. The topological polar surface area (TPSA) is 58.6 Å². The van der Waals surface area contributed by atoms with Crippen LogP contribution in [0.5, 0.6) is 0 Å². The van der Waals surface area contributed by atoms with Gasteiger partial charge < -0.3 is 15.0 Å². The van der Waals surface area contributed by atoms with Gasteiger partial charge in [-0.1, -0.05) is 23.2 Å². The van der Waals surface area contributed by atoms with Crippen molar-refractivity contribution in [1.82, 2.24) is 4.90 Å². The molecule has 122 valence electrons. The Hall–Kier alpha value is -1.30. The first-order valence-electron chi connectivity index (χ1n) is 6.93. The number of nitrogens with one attached hydrogen (secondary N) is 1. The number of benzene rings is 1. The van der Waals surface area contributed by atoms with E-state index in [1.807, 2.05) is 0 Å². The fourth-order valence-electron chi connectivity index (χ4n) is 1.86. The molecule has 0 aliphatic rings. The molecule has 5 nitrogen and oxygen atoms in total. The van der Waals surface area contributed by atoms with Crippen molar-refractivity contribution in [2.45, 2.75) is 19.8 Å². The van der Waals surface area contributed by atoms with E-state index in [9.17, 15) is 9.59 Å². The molecule has 0 bridgehead atoms. The van der Waals surface area contributed by atoms with Crippen molar-refractivity contribution in [2.24, 2.45) is 0 Å². The van der Waals surface area contributed by atoms with E-state index in [0.717, 1.165) is 6.42 Å². The van der Waals surface area contributed by atoms with E-state index in [2.05, 4.69) is 5.32 Å². The van der Waals surface area contributed by atoms with Crippen LogP contribution in [0.25, 0.3) is 0 Å². The van der Waals surface area contributed by atoms with Crippen LogP contribution in [0, 0.1) is 0 Å². The van der Waals surface area contributed by atoms with Crippen LogP contribution in [0.15, 0.2) is 18.2 Å². The van der Waals surface area contributed by atoms with Gasteiger partial charge in [-0.15, -0.1) is 0 Å². The zero-order chi connectivity index (χ0) is 16.5. The Balaban J connectivity index is 2.45. The van der Waals surface area contributed by atoms with Gasteiger partial charge in [-0.25, -0.2) is 0 Å². The predicted octanol–water partition coefficient (Wildman–Crippen LogP) is 3.21. The van der Waals surface area contributed by atoms with Crippen molar-refractivity contribution in [2.75, 3.05) is 32.1 Å². The Labute approximate surface area is 140 Å². The fraction of sp³-hybridized carbons (Fsp3) is 0.467. The minimum absolute atomic E-state index is 0.0570. The average Bonchev–Trinajstić information content (AvgIpc) is 2.46. The lowest BCUT2D eigenvalue weighted by molar-refractivity contribution is -0.129. The highest BCUT2D eigenvalue weighted by Gasteiger charge is 2.11. The summed E-state index contributed by atoms with van der Waals surface area (Å²) in [6, 6.07) is 4.88. The Morgan fingerprint density at radius 3 is 2.55 bits per heavy atom. The average molecular weight is 347 g/mol. The van der Waals surface area contributed by atoms with Crippen molar-refractivity contribution in [3.05, 3.63) is 28.2 Å². The third kappa shape index (κ3) is 6.64. The SMILES string of the molecule is COCCCN(CCC(=O)Nc1ccc(Cl)c(Cl)c1)C(C)=O. The second-order valence-electron chi connectivity index (χ2n) is 4.78. The molecule has 0 aliphatic carbocycles. The van der Waals surface area contributed by atoms with Crippen LogP contribution in [0.3, 0.4) is 0 Å². The lowest BCUT2D eigenvalue weighted by Crippen LogP contribution is -2.33. The maximum atomic E-state index is 11.9. The maximum absolute atomic E-state index is 11.9. The van der Waals surface area contributed by atoms with Crippen LogP contribution in [-0.4, -0.2) is 43.5 Å². The number of halogens is 2. The molecule has 2 amide bonds. The molecule has 0 heterocycles. The van der Waals surface area contributed by atoms with Crippen molar-refractivity contribution in [3.63, 3.8) is 0 Å². The summed E-state index contributed by atoms with van der Waals surface area (Å²) in [6.45, 7) is 3.01. The summed E-state index contributed by atoms with van der Waals surface area (Å²) >= 11 is 11.7. The number of ether oxygens (including phenoxy) is 1. The molecule has 0 saturated carbocycles. The summed E-state index contributed by atoms with van der Waals surface area (Å²) in [5.41, 5.74) is 0.577. The number of hydrogen-bond donors (Lipinski definition) is 1. The second-order valence-corrected chi connectivity index (χ2v) is 5.59. The first-order valence-corrected chi connectivity index (χ1v) is 7.69. The number of amides is 2. The van der Waals surface area contributed by atoms with E-state index in [1.165, 1.54) is 6.92 Å². The van der Waals surface area contributed by atoms with E-state index in [-0.39, 0.29) is 18.2 Å². The largest absolute Gasteiger partial charge is 0.385 e. The number of methoxy groups -OCH3 is 1. The lowest BCUT2D eigenvalue weighted by atomic mass is 10.3. The summed E-state index contributed by atoms with van der Waals surface area (Å²) in [6.07, 6.45) is 0.956. The van der Waals surface area contributed by atoms with Gasteiger partial charge in [-0.2, -0.15) is 0 Å². The van der Waals surface area contributed by atoms with E-state index in [1.54, 1.807) is 30.2 Å². The molecule has 0 saturated heterocycles. The van der Waals surface area contributed by atoms with Gasteiger partial charge in [0, 0.05) is 45.8 Å². The highest BCUT2D eigenvalue weighted by atomic mass is 35.5. The molecule has 0 atom stereocenters. The molecular formula is C15H20Cl2N2O3. The van der Waals surface area contributed by atoms with Crippen molar-refractivity contribution >= 4 is 40.7 Å². The molecule has 0 aliphatic heterocycles. The molecule has 1 rings (SSSR count). The molecule has 7 heteroatoms. The molecule has 0 fully saturated rings.